The van der Waals surface area contributed by atoms with Gasteiger partial charge in [0.15, 0.2) is 0 Å². The molecule has 0 spiro atoms. The van der Waals surface area contributed by atoms with Crippen molar-refractivity contribution in [1.29, 1.82) is 0 Å². The molecule has 0 unspecified atom stereocenters. The first-order valence-corrected chi connectivity index (χ1v) is 9.37. The molecule has 2 aliphatic heterocycles. The van der Waals surface area contributed by atoms with Crippen molar-refractivity contribution < 1.29 is 9.53 Å². The Kier molecular flexibility index (Phi) is 5.90. The van der Waals surface area contributed by atoms with Gasteiger partial charge in [0.05, 0.1) is 19.6 Å². The lowest BCUT2D eigenvalue weighted by Gasteiger charge is -2.40. The van der Waals surface area contributed by atoms with Gasteiger partial charge in [-0.3, -0.25) is 4.79 Å². The number of carbonyl (C=O) groups is 1. The summed E-state index contributed by atoms with van der Waals surface area (Å²) in [6.45, 7) is 5.36. The molecule has 0 radical (unpaired) electrons. The Morgan fingerprint density at radius 3 is 3.08 bits per heavy atom. The molecule has 1 aromatic carbocycles. The summed E-state index contributed by atoms with van der Waals surface area (Å²) in [5.41, 5.74) is 9.41. The van der Waals surface area contributed by atoms with E-state index in [4.69, 9.17) is 10.5 Å². The van der Waals surface area contributed by atoms with Gasteiger partial charge in [0.25, 0.3) is 0 Å². The van der Waals surface area contributed by atoms with Crippen molar-refractivity contribution in [3.05, 3.63) is 34.9 Å². The number of piperidine rings is 1. The minimum atomic E-state index is 0.264. The van der Waals surface area contributed by atoms with E-state index >= 15 is 0 Å². The molecular formula is C20H30N2O2. The predicted molar refractivity (Wildman–Crippen MR) is 95.7 cm³/mol. The number of benzene rings is 1. The van der Waals surface area contributed by atoms with Crippen LogP contribution in [0.4, 0.5) is 0 Å². The smallest absolute Gasteiger partial charge is 0.227 e. The van der Waals surface area contributed by atoms with Gasteiger partial charge in [-0.1, -0.05) is 25.1 Å². The zero-order chi connectivity index (χ0) is 16.9. The summed E-state index contributed by atoms with van der Waals surface area (Å²) >= 11 is 0. The van der Waals surface area contributed by atoms with Crippen LogP contribution in [0.2, 0.25) is 0 Å². The summed E-state index contributed by atoms with van der Waals surface area (Å²) in [4.78, 5) is 15.0. The van der Waals surface area contributed by atoms with Crippen LogP contribution in [0, 0.1) is 5.92 Å². The number of hydrogen-bond donors (Lipinski definition) is 1. The van der Waals surface area contributed by atoms with Crippen LogP contribution in [0.5, 0.6) is 0 Å². The third kappa shape index (κ3) is 3.98. The maximum Gasteiger partial charge on any atom is 0.227 e. The van der Waals surface area contributed by atoms with Crippen LogP contribution < -0.4 is 5.73 Å². The molecule has 1 saturated heterocycles. The predicted octanol–water partition coefficient (Wildman–Crippen LogP) is 2.67. The molecule has 1 fully saturated rings. The van der Waals surface area contributed by atoms with Crippen molar-refractivity contribution in [2.45, 2.75) is 58.1 Å². The fraction of sp³-hybridized carbons (Fsp3) is 0.650. The Bertz CT molecular complexity index is 573. The molecule has 1 amide bonds. The van der Waals surface area contributed by atoms with Crippen LogP contribution in [0.3, 0.4) is 0 Å². The molecule has 4 nitrogen and oxygen atoms in total. The molecule has 4 heteroatoms. The Hall–Kier alpha value is -1.39. The molecule has 0 bridgehead atoms. The number of nitrogens with zero attached hydrogens (tertiary/aromatic N) is 1. The molecule has 2 atom stereocenters. The third-order valence-corrected chi connectivity index (χ3v) is 5.54. The van der Waals surface area contributed by atoms with E-state index in [0.717, 1.165) is 44.4 Å². The van der Waals surface area contributed by atoms with Gasteiger partial charge < -0.3 is 15.4 Å². The van der Waals surface area contributed by atoms with E-state index in [2.05, 4.69) is 30.0 Å². The van der Waals surface area contributed by atoms with Crippen molar-refractivity contribution >= 4 is 5.91 Å². The SMILES string of the molecule is C[C@@H]1CCCN(C(=O)Cc2ccc3c(c2)COCC3)[C@@H]1CCCN. The number of carbonyl (C=O) groups excluding carboxylic acids is 1. The van der Waals surface area contributed by atoms with Crippen molar-refractivity contribution in [3.63, 3.8) is 0 Å². The fourth-order valence-corrected chi connectivity index (χ4v) is 4.13. The second kappa shape index (κ2) is 8.13. The number of nitrogens with two attached hydrogens (primary N) is 1. The van der Waals surface area contributed by atoms with E-state index in [1.165, 1.54) is 17.5 Å². The second-order valence-corrected chi connectivity index (χ2v) is 7.29. The highest BCUT2D eigenvalue weighted by Crippen LogP contribution is 2.27. The molecule has 2 heterocycles. The third-order valence-electron chi connectivity index (χ3n) is 5.54. The highest BCUT2D eigenvalue weighted by molar-refractivity contribution is 5.79. The summed E-state index contributed by atoms with van der Waals surface area (Å²) in [5, 5.41) is 0. The molecule has 0 saturated carbocycles. The maximum absolute atomic E-state index is 12.9. The summed E-state index contributed by atoms with van der Waals surface area (Å²) in [6, 6.07) is 6.81. The molecular weight excluding hydrogens is 300 g/mol. The zero-order valence-corrected chi connectivity index (χ0v) is 14.8. The fourth-order valence-electron chi connectivity index (χ4n) is 4.13. The monoisotopic (exact) mass is 330 g/mol. The number of hydrogen-bond acceptors (Lipinski definition) is 3. The zero-order valence-electron chi connectivity index (χ0n) is 14.8. The first kappa shape index (κ1) is 17.4. The number of rotatable bonds is 5. The lowest BCUT2D eigenvalue weighted by molar-refractivity contribution is -0.135. The van der Waals surface area contributed by atoms with E-state index in [0.29, 0.717) is 31.5 Å². The molecule has 2 N–H and O–H groups in total. The second-order valence-electron chi connectivity index (χ2n) is 7.29. The van der Waals surface area contributed by atoms with Crippen LogP contribution in [0.1, 0.15) is 49.3 Å². The Labute approximate surface area is 145 Å². The highest BCUT2D eigenvalue weighted by Gasteiger charge is 2.31. The van der Waals surface area contributed by atoms with Gasteiger partial charge in [-0.2, -0.15) is 0 Å². The Morgan fingerprint density at radius 2 is 2.25 bits per heavy atom. The number of ether oxygens (including phenoxy) is 1. The van der Waals surface area contributed by atoms with Gasteiger partial charge in [0.1, 0.15) is 0 Å². The lowest BCUT2D eigenvalue weighted by atomic mass is 9.87. The maximum atomic E-state index is 12.9. The minimum absolute atomic E-state index is 0.264. The lowest BCUT2D eigenvalue weighted by Crippen LogP contribution is -2.48. The van der Waals surface area contributed by atoms with Gasteiger partial charge in [-0.15, -0.1) is 0 Å². The van der Waals surface area contributed by atoms with Gasteiger partial charge in [-0.25, -0.2) is 0 Å². The van der Waals surface area contributed by atoms with Crippen molar-refractivity contribution in [1.82, 2.24) is 4.90 Å². The molecule has 1 aromatic rings. The average Bonchev–Trinajstić information content (AvgIpc) is 2.60. The minimum Gasteiger partial charge on any atom is -0.376 e. The number of amides is 1. The van der Waals surface area contributed by atoms with Gasteiger partial charge in [0, 0.05) is 12.6 Å². The summed E-state index contributed by atoms with van der Waals surface area (Å²) < 4.78 is 5.54. The molecule has 3 rings (SSSR count). The summed E-state index contributed by atoms with van der Waals surface area (Å²) in [7, 11) is 0. The summed E-state index contributed by atoms with van der Waals surface area (Å²) in [6.07, 6.45) is 5.84. The van der Waals surface area contributed by atoms with Crippen LogP contribution in [-0.4, -0.2) is 36.5 Å². The molecule has 0 aromatic heterocycles. The molecule has 24 heavy (non-hydrogen) atoms. The van der Waals surface area contributed by atoms with Crippen molar-refractivity contribution in [2.24, 2.45) is 11.7 Å². The van der Waals surface area contributed by atoms with E-state index in [1.807, 2.05) is 0 Å². The van der Waals surface area contributed by atoms with Crippen molar-refractivity contribution in [3.8, 4) is 0 Å². The standard InChI is InChI=1S/C20H30N2O2/c1-15-4-3-10-22(19(15)5-2-9-21)20(23)13-16-6-7-17-8-11-24-14-18(17)12-16/h6-7,12,15,19H,2-5,8-11,13-14,21H2,1H3/t15-,19-/m1/s1. The van der Waals surface area contributed by atoms with Crippen molar-refractivity contribution in [2.75, 3.05) is 19.7 Å². The van der Waals surface area contributed by atoms with Gasteiger partial charge >= 0.3 is 0 Å². The first-order chi connectivity index (χ1) is 11.7. The van der Waals surface area contributed by atoms with E-state index in [9.17, 15) is 4.79 Å². The quantitative estimate of drug-likeness (QED) is 0.903. The Morgan fingerprint density at radius 1 is 1.38 bits per heavy atom. The van der Waals surface area contributed by atoms with Crippen LogP contribution in [0.15, 0.2) is 18.2 Å². The highest BCUT2D eigenvalue weighted by atomic mass is 16.5. The largest absolute Gasteiger partial charge is 0.376 e. The van der Waals surface area contributed by atoms with Crippen LogP contribution in [0.25, 0.3) is 0 Å². The molecule has 0 aliphatic carbocycles. The normalized spacial score (nSPS) is 23.8. The molecule has 2 aliphatic rings. The first-order valence-electron chi connectivity index (χ1n) is 9.37. The van der Waals surface area contributed by atoms with Crippen LogP contribution >= 0.6 is 0 Å². The Balaban J connectivity index is 1.68. The van der Waals surface area contributed by atoms with Gasteiger partial charge in [-0.05, 0) is 61.3 Å². The number of likely N-dealkylation sites (tertiary alicyclic amines) is 1. The van der Waals surface area contributed by atoms with Crippen LogP contribution in [-0.2, 0) is 29.0 Å². The molecule has 132 valence electrons. The van der Waals surface area contributed by atoms with E-state index < -0.39 is 0 Å². The number of fused-ring (bicyclic) bond motifs is 1. The summed E-state index contributed by atoms with van der Waals surface area (Å²) in [5.74, 6) is 0.839. The average molecular weight is 330 g/mol. The topological polar surface area (TPSA) is 55.6 Å². The van der Waals surface area contributed by atoms with E-state index in [-0.39, 0.29) is 5.91 Å². The van der Waals surface area contributed by atoms with Gasteiger partial charge in [0.2, 0.25) is 5.91 Å². The van der Waals surface area contributed by atoms with E-state index in [1.54, 1.807) is 0 Å².